The zero-order valence-corrected chi connectivity index (χ0v) is 12.8. The highest BCUT2D eigenvalue weighted by Gasteiger charge is 2.24. The van der Waals surface area contributed by atoms with Crippen LogP contribution in [0.5, 0.6) is 0 Å². The van der Waals surface area contributed by atoms with Gasteiger partial charge in [-0.25, -0.2) is 0 Å². The summed E-state index contributed by atoms with van der Waals surface area (Å²) in [4.78, 5) is 2.55. The van der Waals surface area contributed by atoms with E-state index in [1.807, 2.05) is 0 Å². The van der Waals surface area contributed by atoms with Crippen LogP contribution in [0, 0.1) is 5.92 Å². The topological polar surface area (TPSA) is 15.3 Å². The monoisotopic (exact) mass is 290 g/mol. The van der Waals surface area contributed by atoms with E-state index >= 15 is 0 Å². The van der Waals surface area contributed by atoms with Crippen LogP contribution < -0.4 is 5.32 Å². The molecule has 1 saturated heterocycles. The molecule has 2 atom stereocenters. The summed E-state index contributed by atoms with van der Waals surface area (Å²) in [6.45, 7) is 5.84. The molecular formula is C14H24Cl2N2. The fourth-order valence-electron chi connectivity index (χ4n) is 2.50. The summed E-state index contributed by atoms with van der Waals surface area (Å²) in [6, 6.07) is 11.4. The minimum absolute atomic E-state index is 0. The lowest BCUT2D eigenvalue weighted by atomic mass is 9.93. The van der Waals surface area contributed by atoms with Crippen molar-refractivity contribution in [2.75, 3.05) is 20.1 Å². The van der Waals surface area contributed by atoms with Crippen molar-refractivity contribution in [3.8, 4) is 0 Å². The van der Waals surface area contributed by atoms with Crippen molar-refractivity contribution in [3.63, 3.8) is 0 Å². The first-order valence-electron chi connectivity index (χ1n) is 6.23. The van der Waals surface area contributed by atoms with E-state index in [9.17, 15) is 0 Å². The lowest BCUT2D eigenvalue weighted by Crippen LogP contribution is -2.48. The second kappa shape index (κ2) is 8.76. The lowest BCUT2D eigenvalue weighted by Gasteiger charge is -2.37. The molecule has 1 aliphatic rings. The van der Waals surface area contributed by atoms with Crippen molar-refractivity contribution in [2.45, 2.75) is 25.9 Å². The van der Waals surface area contributed by atoms with Crippen LogP contribution in [0.1, 0.15) is 18.9 Å². The van der Waals surface area contributed by atoms with Gasteiger partial charge in [0, 0.05) is 19.1 Å². The van der Waals surface area contributed by atoms with Gasteiger partial charge in [-0.1, -0.05) is 37.3 Å². The molecule has 4 heteroatoms. The second-order valence-corrected chi connectivity index (χ2v) is 4.88. The predicted molar refractivity (Wildman–Crippen MR) is 82.8 cm³/mol. The first-order valence-corrected chi connectivity index (χ1v) is 6.23. The first-order chi connectivity index (χ1) is 7.79. The zero-order chi connectivity index (χ0) is 11.4. The molecule has 0 spiro atoms. The average Bonchev–Trinajstić information content (AvgIpc) is 2.33. The Morgan fingerprint density at radius 1 is 1.22 bits per heavy atom. The molecule has 1 fully saturated rings. The van der Waals surface area contributed by atoms with E-state index in [1.165, 1.54) is 25.1 Å². The third kappa shape index (κ3) is 4.77. The number of likely N-dealkylation sites (tertiary alicyclic amines) is 1. The Morgan fingerprint density at radius 3 is 2.50 bits per heavy atom. The molecule has 2 rings (SSSR count). The lowest BCUT2D eigenvalue weighted by molar-refractivity contribution is 0.147. The fourth-order valence-corrected chi connectivity index (χ4v) is 2.50. The maximum absolute atomic E-state index is 3.43. The van der Waals surface area contributed by atoms with Crippen LogP contribution in [-0.4, -0.2) is 31.1 Å². The van der Waals surface area contributed by atoms with Crippen LogP contribution in [0.3, 0.4) is 0 Å². The molecule has 1 N–H and O–H groups in total. The highest BCUT2D eigenvalue weighted by atomic mass is 35.5. The van der Waals surface area contributed by atoms with Gasteiger partial charge in [0.2, 0.25) is 0 Å². The molecule has 0 unspecified atom stereocenters. The Kier molecular flexibility index (Phi) is 8.62. The van der Waals surface area contributed by atoms with Gasteiger partial charge < -0.3 is 5.32 Å². The number of benzene rings is 1. The third-order valence-electron chi connectivity index (χ3n) is 3.66. The maximum atomic E-state index is 3.43. The van der Waals surface area contributed by atoms with Gasteiger partial charge in [0.05, 0.1) is 0 Å². The predicted octanol–water partition coefficient (Wildman–Crippen LogP) is 2.96. The maximum Gasteiger partial charge on any atom is 0.0234 e. The van der Waals surface area contributed by atoms with E-state index in [0.29, 0.717) is 6.04 Å². The van der Waals surface area contributed by atoms with Gasteiger partial charge in [-0.15, -0.1) is 24.8 Å². The quantitative estimate of drug-likeness (QED) is 0.921. The Labute approximate surface area is 123 Å². The highest BCUT2D eigenvalue weighted by molar-refractivity contribution is 5.85. The Balaban J connectivity index is 0.00000144. The second-order valence-electron chi connectivity index (χ2n) is 4.88. The van der Waals surface area contributed by atoms with Crippen LogP contribution in [-0.2, 0) is 6.54 Å². The van der Waals surface area contributed by atoms with Crippen molar-refractivity contribution in [1.82, 2.24) is 10.2 Å². The van der Waals surface area contributed by atoms with Crippen molar-refractivity contribution < 1.29 is 0 Å². The highest BCUT2D eigenvalue weighted by Crippen LogP contribution is 2.18. The van der Waals surface area contributed by atoms with Gasteiger partial charge in [-0.05, 0) is 31.5 Å². The van der Waals surface area contributed by atoms with Crippen LogP contribution in [0.2, 0.25) is 0 Å². The molecular weight excluding hydrogens is 267 g/mol. The van der Waals surface area contributed by atoms with Gasteiger partial charge in [0.25, 0.3) is 0 Å². The Morgan fingerprint density at radius 2 is 1.89 bits per heavy atom. The molecule has 1 aromatic carbocycles. The summed E-state index contributed by atoms with van der Waals surface area (Å²) in [6.07, 6.45) is 1.30. The minimum atomic E-state index is 0. The molecule has 0 aromatic heterocycles. The summed E-state index contributed by atoms with van der Waals surface area (Å²) in [5, 5.41) is 3.43. The van der Waals surface area contributed by atoms with Crippen molar-refractivity contribution in [2.24, 2.45) is 5.92 Å². The molecule has 0 bridgehead atoms. The normalized spacial score (nSPS) is 23.9. The van der Waals surface area contributed by atoms with Crippen molar-refractivity contribution >= 4 is 24.8 Å². The van der Waals surface area contributed by atoms with Crippen LogP contribution in [0.25, 0.3) is 0 Å². The van der Waals surface area contributed by atoms with E-state index in [1.54, 1.807) is 0 Å². The Hall–Kier alpha value is -0.280. The molecule has 1 aromatic rings. The molecule has 1 heterocycles. The summed E-state index contributed by atoms with van der Waals surface area (Å²) < 4.78 is 0. The van der Waals surface area contributed by atoms with Gasteiger partial charge in [0.1, 0.15) is 0 Å². The summed E-state index contributed by atoms with van der Waals surface area (Å²) in [5.74, 6) is 0.803. The van der Waals surface area contributed by atoms with Gasteiger partial charge in [-0.3, -0.25) is 4.90 Å². The number of piperidine rings is 1. The number of nitrogens with zero attached hydrogens (tertiary/aromatic N) is 1. The minimum Gasteiger partial charge on any atom is -0.315 e. The van der Waals surface area contributed by atoms with Gasteiger partial charge in [-0.2, -0.15) is 0 Å². The smallest absolute Gasteiger partial charge is 0.0234 e. The van der Waals surface area contributed by atoms with E-state index in [0.717, 1.165) is 12.5 Å². The van der Waals surface area contributed by atoms with E-state index < -0.39 is 0 Å². The molecule has 0 aliphatic carbocycles. The standard InChI is InChI=1S/C14H22N2.2ClH/c1-12-8-9-16(11-14(12)15-2)10-13-6-4-3-5-7-13;;/h3-7,12,14-15H,8-11H2,1-2H3;2*1H/t12-,14+;;/m0../s1. The number of halogens is 2. The van der Waals surface area contributed by atoms with E-state index in [4.69, 9.17) is 0 Å². The third-order valence-corrected chi connectivity index (χ3v) is 3.66. The van der Waals surface area contributed by atoms with E-state index in [2.05, 4.69) is 54.5 Å². The molecule has 0 saturated carbocycles. The molecule has 104 valence electrons. The van der Waals surface area contributed by atoms with Gasteiger partial charge in [0.15, 0.2) is 0 Å². The SMILES string of the molecule is CN[C@@H]1CN(Cc2ccccc2)CC[C@@H]1C.Cl.Cl. The molecule has 0 radical (unpaired) electrons. The largest absolute Gasteiger partial charge is 0.315 e. The molecule has 18 heavy (non-hydrogen) atoms. The van der Waals surface area contributed by atoms with Crippen molar-refractivity contribution in [3.05, 3.63) is 35.9 Å². The fraction of sp³-hybridized carbons (Fsp3) is 0.571. The Bertz CT molecular complexity index is 319. The summed E-state index contributed by atoms with van der Waals surface area (Å²) >= 11 is 0. The van der Waals surface area contributed by atoms with E-state index in [-0.39, 0.29) is 24.8 Å². The van der Waals surface area contributed by atoms with Crippen LogP contribution in [0.4, 0.5) is 0 Å². The number of rotatable bonds is 3. The summed E-state index contributed by atoms with van der Waals surface area (Å²) in [7, 11) is 2.08. The van der Waals surface area contributed by atoms with Gasteiger partial charge >= 0.3 is 0 Å². The van der Waals surface area contributed by atoms with Crippen LogP contribution >= 0.6 is 24.8 Å². The number of hydrogen-bond acceptors (Lipinski definition) is 2. The summed E-state index contributed by atoms with van der Waals surface area (Å²) in [5.41, 5.74) is 1.42. The van der Waals surface area contributed by atoms with Crippen LogP contribution in [0.15, 0.2) is 30.3 Å². The molecule has 2 nitrogen and oxygen atoms in total. The first kappa shape index (κ1) is 17.7. The number of hydrogen-bond donors (Lipinski definition) is 1. The molecule has 0 amide bonds. The average molecular weight is 291 g/mol. The molecule has 1 aliphatic heterocycles. The number of likely N-dealkylation sites (N-methyl/N-ethyl adjacent to an activating group) is 1. The number of nitrogens with one attached hydrogen (secondary N) is 1. The van der Waals surface area contributed by atoms with Crippen molar-refractivity contribution in [1.29, 1.82) is 0 Å². The zero-order valence-electron chi connectivity index (χ0n) is 11.1.